The summed E-state index contributed by atoms with van der Waals surface area (Å²) in [5.41, 5.74) is 7.35. The van der Waals surface area contributed by atoms with Crippen molar-refractivity contribution < 1.29 is 0 Å². The fourth-order valence-electron chi connectivity index (χ4n) is 1.83. The fourth-order valence-corrected chi connectivity index (χ4v) is 2.02. The largest absolute Gasteiger partial charge is 0.398 e. The highest BCUT2D eigenvalue weighted by molar-refractivity contribution is 6.30. The van der Waals surface area contributed by atoms with Crippen molar-refractivity contribution in [3.63, 3.8) is 0 Å². The Morgan fingerprint density at radius 2 is 2.06 bits per heavy atom. The summed E-state index contributed by atoms with van der Waals surface area (Å²) in [6, 6.07) is 5.47. The van der Waals surface area contributed by atoms with Gasteiger partial charge in [0.05, 0.1) is 6.54 Å². The average molecular weight is 266 g/mol. The third-order valence-electron chi connectivity index (χ3n) is 2.88. The lowest BCUT2D eigenvalue weighted by Crippen LogP contribution is -2.25. The van der Waals surface area contributed by atoms with Gasteiger partial charge in [-0.15, -0.1) is 0 Å². The van der Waals surface area contributed by atoms with Crippen molar-refractivity contribution >= 4 is 17.3 Å². The summed E-state index contributed by atoms with van der Waals surface area (Å²) in [6.45, 7) is 4.41. The Labute approximate surface area is 111 Å². The van der Waals surface area contributed by atoms with Gasteiger partial charge < -0.3 is 5.73 Å². The molecule has 96 valence electrons. The third-order valence-corrected chi connectivity index (χ3v) is 3.11. The second kappa shape index (κ2) is 4.90. The van der Waals surface area contributed by atoms with Crippen molar-refractivity contribution in [2.45, 2.75) is 26.4 Å². The number of nitrogens with two attached hydrogens (primary N) is 1. The lowest BCUT2D eigenvalue weighted by Gasteiger charge is -2.07. The molecule has 0 radical (unpaired) electrons. The molecule has 2 rings (SSSR count). The van der Waals surface area contributed by atoms with Crippen molar-refractivity contribution in [1.29, 1.82) is 0 Å². The number of hydrogen-bond acceptors (Lipinski definition) is 2. The topological polar surface area (TPSA) is 52.9 Å². The van der Waals surface area contributed by atoms with E-state index in [1.807, 2.05) is 19.9 Å². The first-order valence-electron chi connectivity index (χ1n) is 5.80. The van der Waals surface area contributed by atoms with Gasteiger partial charge >= 0.3 is 5.69 Å². The van der Waals surface area contributed by atoms with Crippen LogP contribution in [0.15, 0.2) is 35.4 Å². The Morgan fingerprint density at radius 3 is 2.61 bits per heavy atom. The van der Waals surface area contributed by atoms with Gasteiger partial charge in [-0.3, -0.25) is 9.13 Å². The number of nitrogens with zero attached hydrogens (tertiary/aromatic N) is 2. The predicted molar refractivity (Wildman–Crippen MR) is 74.0 cm³/mol. The standard InChI is InChI=1S/C13H16ClN3O/c1-9(2)17-6-5-16(13(17)18)8-10-3-4-11(14)7-12(10)15/h3-7,9H,8,15H2,1-2H3. The molecule has 1 aromatic heterocycles. The molecule has 0 bridgehead atoms. The summed E-state index contributed by atoms with van der Waals surface area (Å²) in [6.07, 6.45) is 3.56. The summed E-state index contributed by atoms with van der Waals surface area (Å²) in [5, 5.41) is 0.600. The summed E-state index contributed by atoms with van der Waals surface area (Å²) in [5.74, 6) is 0. The molecule has 0 saturated carbocycles. The van der Waals surface area contributed by atoms with E-state index in [2.05, 4.69) is 0 Å². The SMILES string of the molecule is CC(C)n1ccn(Cc2ccc(Cl)cc2N)c1=O. The highest BCUT2D eigenvalue weighted by Gasteiger charge is 2.08. The van der Waals surface area contributed by atoms with Gasteiger partial charge in [0.25, 0.3) is 0 Å². The van der Waals surface area contributed by atoms with Crippen LogP contribution < -0.4 is 11.4 Å². The van der Waals surface area contributed by atoms with Crippen LogP contribution in [-0.2, 0) is 6.54 Å². The van der Waals surface area contributed by atoms with Crippen molar-refractivity contribution in [3.8, 4) is 0 Å². The van der Waals surface area contributed by atoms with E-state index in [0.29, 0.717) is 17.3 Å². The molecular formula is C13H16ClN3O. The molecule has 0 aliphatic rings. The van der Waals surface area contributed by atoms with Crippen molar-refractivity contribution in [2.24, 2.45) is 0 Å². The second-order valence-corrected chi connectivity index (χ2v) is 4.99. The normalized spacial score (nSPS) is 11.1. The van der Waals surface area contributed by atoms with Gasteiger partial charge in [-0.25, -0.2) is 4.79 Å². The molecule has 0 amide bonds. The molecule has 2 aromatic rings. The minimum atomic E-state index is -0.0284. The van der Waals surface area contributed by atoms with Gasteiger partial charge in [0.15, 0.2) is 0 Å². The third kappa shape index (κ3) is 2.43. The predicted octanol–water partition coefficient (Wildman–Crippen LogP) is 2.51. The lowest BCUT2D eigenvalue weighted by atomic mass is 10.2. The number of halogens is 1. The summed E-state index contributed by atoms with van der Waals surface area (Å²) in [4.78, 5) is 12.1. The highest BCUT2D eigenvalue weighted by Crippen LogP contribution is 2.18. The van der Waals surface area contributed by atoms with Crippen molar-refractivity contribution in [3.05, 3.63) is 51.7 Å². The molecule has 0 unspecified atom stereocenters. The number of nitrogen functional groups attached to an aromatic ring is 1. The van der Waals surface area contributed by atoms with E-state index in [1.54, 1.807) is 33.7 Å². The van der Waals surface area contributed by atoms with Crippen LogP contribution in [0.4, 0.5) is 5.69 Å². The average Bonchev–Trinajstić information content (AvgIpc) is 2.64. The molecular weight excluding hydrogens is 250 g/mol. The fraction of sp³-hybridized carbons (Fsp3) is 0.308. The maximum absolute atomic E-state index is 12.1. The number of imidazole rings is 1. The van der Waals surface area contributed by atoms with E-state index in [9.17, 15) is 4.79 Å². The number of hydrogen-bond donors (Lipinski definition) is 1. The second-order valence-electron chi connectivity index (χ2n) is 4.55. The molecule has 0 spiro atoms. The van der Waals surface area contributed by atoms with Crippen LogP contribution in [0.25, 0.3) is 0 Å². The van der Waals surface area contributed by atoms with E-state index < -0.39 is 0 Å². The van der Waals surface area contributed by atoms with E-state index in [-0.39, 0.29) is 11.7 Å². The molecule has 0 saturated heterocycles. The summed E-state index contributed by atoms with van der Waals surface area (Å²) in [7, 11) is 0. The van der Waals surface area contributed by atoms with Crippen LogP contribution in [0.1, 0.15) is 25.5 Å². The molecule has 0 fully saturated rings. The number of rotatable bonds is 3. The Hall–Kier alpha value is -1.68. The molecule has 2 N–H and O–H groups in total. The molecule has 5 heteroatoms. The van der Waals surface area contributed by atoms with Crippen LogP contribution in [0.5, 0.6) is 0 Å². The summed E-state index contributed by atoms with van der Waals surface area (Å²) < 4.78 is 3.33. The van der Waals surface area contributed by atoms with Crippen LogP contribution >= 0.6 is 11.6 Å². The zero-order valence-corrected chi connectivity index (χ0v) is 11.2. The molecule has 1 aromatic carbocycles. The molecule has 0 atom stereocenters. The minimum absolute atomic E-state index is 0.0284. The Balaban J connectivity index is 2.32. The molecule has 0 aliphatic carbocycles. The number of anilines is 1. The summed E-state index contributed by atoms with van der Waals surface area (Å²) >= 11 is 5.84. The van der Waals surface area contributed by atoms with Gasteiger partial charge in [-0.05, 0) is 31.5 Å². The van der Waals surface area contributed by atoms with Crippen LogP contribution in [-0.4, -0.2) is 9.13 Å². The first-order chi connectivity index (χ1) is 8.49. The van der Waals surface area contributed by atoms with Crippen LogP contribution in [0.3, 0.4) is 0 Å². The van der Waals surface area contributed by atoms with Gasteiger partial charge in [-0.1, -0.05) is 17.7 Å². The van der Waals surface area contributed by atoms with Gasteiger partial charge in [0, 0.05) is 29.1 Å². The van der Waals surface area contributed by atoms with Gasteiger partial charge in [-0.2, -0.15) is 0 Å². The first-order valence-corrected chi connectivity index (χ1v) is 6.18. The van der Waals surface area contributed by atoms with Crippen molar-refractivity contribution in [1.82, 2.24) is 9.13 Å². The quantitative estimate of drug-likeness (QED) is 0.867. The van der Waals surface area contributed by atoms with Crippen LogP contribution in [0, 0.1) is 0 Å². The van der Waals surface area contributed by atoms with E-state index >= 15 is 0 Å². The monoisotopic (exact) mass is 265 g/mol. The maximum atomic E-state index is 12.1. The minimum Gasteiger partial charge on any atom is -0.398 e. The Kier molecular flexibility index (Phi) is 3.48. The Bertz CT molecular complexity index is 613. The van der Waals surface area contributed by atoms with Crippen molar-refractivity contribution in [2.75, 3.05) is 5.73 Å². The number of benzene rings is 1. The Morgan fingerprint density at radius 1 is 1.33 bits per heavy atom. The van der Waals surface area contributed by atoms with Gasteiger partial charge in [0.2, 0.25) is 0 Å². The van der Waals surface area contributed by atoms with E-state index in [0.717, 1.165) is 5.56 Å². The van der Waals surface area contributed by atoms with E-state index in [4.69, 9.17) is 17.3 Å². The lowest BCUT2D eigenvalue weighted by molar-refractivity contribution is 0.561. The zero-order valence-electron chi connectivity index (χ0n) is 10.4. The van der Waals surface area contributed by atoms with E-state index in [1.165, 1.54) is 0 Å². The smallest absolute Gasteiger partial charge is 0.328 e. The first kappa shape index (κ1) is 12.8. The molecule has 0 aliphatic heterocycles. The number of aromatic nitrogens is 2. The molecule has 18 heavy (non-hydrogen) atoms. The maximum Gasteiger partial charge on any atom is 0.328 e. The van der Waals surface area contributed by atoms with Gasteiger partial charge in [0.1, 0.15) is 0 Å². The zero-order chi connectivity index (χ0) is 13.3. The molecule has 4 nitrogen and oxygen atoms in total. The molecule has 1 heterocycles. The van der Waals surface area contributed by atoms with Crippen LogP contribution in [0.2, 0.25) is 5.02 Å². The highest BCUT2D eigenvalue weighted by atomic mass is 35.5.